The number of carbonyl (C=O) groups excluding carboxylic acids is 1. The van der Waals surface area contributed by atoms with Gasteiger partial charge in [-0.2, -0.15) is 4.99 Å². The summed E-state index contributed by atoms with van der Waals surface area (Å²) in [6, 6.07) is 23.9. The summed E-state index contributed by atoms with van der Waals surface area (Å²) in [5.74, 6) is -0.235. The smallest absolute Gasteiger partial charge is 0.279 e. The topological polar surface area (TPSA) is 34.4 Å². The van der Waals surface area contributed by atoms with Crippen LogP contribution in [-0.4, -0.2) is 10.5 Å². The normalized spacial score (nSPS) is 11.7. The lowest BCUT2D eigenvalue weighted by molar-refractivity contribution is 0.0998. The number of benzene rings is 3. The second-order valence-corrected chi connectivity index (χ2v) is 7.58. The van der Waals surface area contributed by atoms with Crippen LogP contribution < -0.4 is 4.80 Å². The van der Waals surface area contributed by atoms with E-state index in [1.807, 2.05) is 54.6 Å². The predicted octanol–water partition coefficient (Wildman–Crippen LogP) is 5.61. The molecule has 0 saturated heterocycles. The van der Waals surface area contributed by atoms with Gasteiger partial charge in [0, 0.05) is 12.1 Å². The quantitative estimate of drug-likeness (QED) is 0.421. The zero-order valence-electron chi connectivity index (χ0n) is 15.6. The summed E-state index contributed by atoms with van der Waals surface area (Å²) in [5, 5.41) is 0. The molecule has 0 saturated carbocycles. The van der Waals surface area contributed by atoms with Gasteiger partial charge in [-0.25, -0.2) is 0 Å². The molecular weight excluding hydrogens is 364 g/mol. The molecular formula is C24H20N2OS. The van der Waals surface area contributed by atoms with Crippen LogP contribution in [0.4, 0.5) is 0 Å². The van der Waals surface area contributed by atoms with Crippen molar-refractivity contribution in [3.05, 3.63) is 101 Å². The van der Waals surface area contributed by atoms with Gasteiger partial charge in [-0.1, -0.05) is 72.0 Å². The number of allylic oxidation sites excluding steroid dienone is 1. The van der Waals surface area contributed by atoms with Crippen LogP contribution >= 0.6 is 11.3 Å². The van der Waals surface area contributed by atoms with Gasteiger partial charge in [-0.15, -0.1) is 6.58 Å². The third-order valence-electron chi connectivity index (χ3n) is 4.65. The van der Waals surface area contributed by atoms with Gasteiger partial charge in [0.05, 0.1) is 10.2 Å². The first-order valence-corrected chi connectivity index (χ1v) is 9.93. The maximum atomic E-state index is 12.8. The second kappa shape index (κ2) is 7.79. The minimum atomic E-state index is -0.235. The summed E-state index contributed by atoms with van der Waals surface area (Å²) in [7, 11) is 0. The van der Waals surface area contributed by atoms with Gasteiger partial charge in [0.25, 0.3) is 5.91 Å². The summed E-state index contributed by atoms with van der Waals surface area (Å²) in [4.78, 5) is 17.9. The van der Waals surface area contributed by atoms with Crippen LogP contribution in [-0.2, 0) is 6.54 Å². The molecule has 0 radical (unpaired) electrons. The third kappa shape index (κ3) is 3.47. The van der Waals surface area contributed by atoms with E-state index < -0.39 is 0 Å². The number of fused-ring (bicyclic) bond motifs is 1. The molecule has 1 aromatic heterocycles. The molecule has 3 nitrogen and oxygen atoms in total. The molecule has 4 aromatic rings. The molecule has 0 spiro atoms. The van der Waals surface area contributed by atoms with Crippen LogP contribution in [0.15, 0.2) is 90.4 Å². The van der Waals surface area contributed by atoms with Crippen molar-refractivity contribution in [2.24, 2.45) is 4.99 Å². The van der Waals surface area contributed by atoms with Crippen molar-refractivity contribution in [1.29, 1.82) is 0 Å². The average Bonchev–Trinajstić information content (AvgIpc) is 3.07. The van der Waals surface area contributed by atoms with E-state index in [2.05, 4.69) is 47.3 Å². The van der Waals surface area contributed by atoms with Gasteiger partial charge in [0.1, 0.15) is 0 Å². The highest BCUT2D eigenvalue weighted by Gasteiger charge is 2.10. The van der Waals surface area contributed by atoms with Gasteiger partial charge < -0.3 is 4.57 Å². The Kier molecular flexibility index (Phi) is 5.04. The van der Waals surface area contributed by atoms with Gasteiger partial charge >= 0.3 is 0 Å². The first kappa shape index (κ1) is 18.1. The highest BCUT2D eigenvalue weighted by atomic mass is 32.1. The molecule has 1 heterocycles. The summed E-state index contributed by atoms with van der Waals surface area (Å²) in [5.41, 5.74) is 5.06. The summed E-state index contributed by atoms with van der Waals surface area (Å²) in [6.45, 7) is 6.53. The van der Waals surface area contributed by atoms with Gasteiger partial charge in [0.15, 0.2) is 4.80 Å². The fourth-order valence-electron chi connectivity index (χ4n) is 3.28. The molecule has 0 unspecified atom stereocenters. The van der Waals surface area contributed by atoms with Crippen LogP contribution in [0, 0.1) is 6.92 Å². The van der Waals surface area contributed by atoms with Crippen molar-refractivity contribution in [2.45, 2.75) is 13.5 Å². The first-order valence-electron chi connectivity index (χ1n) is 9.12. The Morgan fingerprint density at radius 2 is 1.71 bits per heavy atom. The SMILES string of the molecule is C=CCn1c(=NC(=O)c2ccc(-c3ccccc3)cc2)sc2cccc(C)c21. The maximum Gasteiger partial charge on any atom is 0.279 e. The Morgan fingerprint density at radius 1 is 1.00 bits per heavy atom. The van der Waals surface area contributed by atoms with Crippen LogP contribution in [0.3, 0.4) is 0 Å². The highest BCUT2D eigenvalue weighted by molar-refractivity contribution is 7.16. The lowest BCUT2D eigenvalue weighted by atomic mass is 10.0. The lowest BCUT2D eigenvalue weighted by Gasteiger charge is -2.04. The van der Waals surface area contributed by atoms with Gasteiger partial charge in [0.2, 0.25) is 0 Å². The minimum absolute atomic E-state index is 0.235. The van der Waals surface area contributed by atoms with Crippen molar-refractivity contribution in [3.8, 4) is 11.1 Å². The van der Waals surface area contributed by atoms with E-state index in [1.165, 1.54) is 11.3 Å². The van der Waals surface area contributed by atoms with E-state index in [0.29, 0.717) is 16.9 Å². The standard InChI is InChI=1S/C24H20N2OS/c1-3-16-26-22-17(2)8-7-11-21(22)28-24(26)25-23(27)20-14-12-19(13-15-20)18-9-5-4-6-10-18/h3-15H,1,16H2,2H3. The van der Waals surface area contributed by atoms with E-state index in [-0.39, 0.29) is 5.91 Å². The van der Waals surface area contributed by atoms with Crippen molar-refractivity contribution in [3.63, 3.8) is 0 Å². The van der Waals surface area contributed by atoms with Crippen LogP contribution in [0.2, 0.25) is 0 Å². The number of hydrogen-bond acceptors (Lipinski definition) is 2. The Labute approximate surface area is 167 Å². The van der Waals surface area contributed by atoms with Crippen molar-refractivity contribution < 1.29 is 4.79 Å². The van der Waals surface area contributed by atoms with E-state index in [4.69, 9.17) is 0 Å². The molecule has 0 aliphatic rings. The van der Waals surface area contributed by atoms with E-state index >= 15 is 0 Å². The Bertz CT molecular complexity index is 1220. The van der Waals surface area contributed by atoms with E-state index in [9.17, 15) is 4.79 Å². The number of hydrogen-bond donors (Lipinski definition) is 0. The molecule has 0 aliphatic carbocycles. The van der Waals surface area contributed by atoms with Crippen molar-refractivity contribution in [2.75, 3.05) is 0 Å². The third-order valence-corrected chi connectivity index (χ3v) is 5.69. The number of aryl methyl sites for hydroxylation is 1. The van der Waals surface area contributed by atoms with E-state index in [1.54, 1.807) is 0 Å². The number of para-hydroxylation sites is 1. The number of carbonyl (C=O) groups is 1. The van der Waals surface area contributed by atoms with Crippen molar-refractivity contribution >= 4 is 27.5 Å². The Morgan fingerprint density at radius 3 is 2.43 bits per heavy atom. The second-order valence-electron chi connectivity index (χ2n) is 6.57. The fraction of sp³-hybridized carbons (Fsp3) is 0.0833. The molecule has 3 aromatic carbocycles. The van der Waals surface area contributed by atoms with Crippen LogP contribution in [0.5, 0.6) is 0 Å². The van der Waals surface area contributed by atoms with Crippen LogP contribution in [0.25, 0.3) is 21.3 Å². The lowest BCUT2D eigenvalue weighted by Crippen LogP contribution is -2.16. The largest absolute Gasteiger partial charge is 0.312 e. The predicted molar refractivity (Wildman–Crippen MR) is 117 cm³/mol. The highest BCUT2D eigenvalue weighted by Crippen LogP contribution is 2.22. The molecule has 138 valence electrons. The number of thiazole rings is 1. The molecule has 0 N–H and O–H groups in total. The summed E-state index contributed by atoms with van der Waals surface area (Å²) in [6.07, 6.45) is 1.83. The van der Waals surface area contributed by atoms with Gasteiger partial charge in [-0.3, -0.25) is 4.79 Å². The molecule has 4 heteroatoms. The minimum Gasteiger partial charge on any atom is -0.312 e. The first-order chi connectivity index (χ1) is 13.7. The number of rotatable bonds is 4. The number of aromatic nitrogens is 1. The average molecular weight is 385 g/mol. The fourth-order valence-corrected chi connectivity index (χ4v) is 4.39. The number of amides is 1. The molecule has 0 aliphatic heterocycles. The van der Waals surface area contributed by atoms with Gasteiger partial charge in [-0.05, 0) is 41.8 Å². The molecule has 0 atom stereocenters. The van der Waals surface area contributed by atoms with Crippen molar-refractivity contribution in [1.82, 2.24) is 4.57 Å². The zero-order valence-corrected chi connectivity index (χ0v) is 16.4. The Hall–Kier alpha value is -3.24. The molecule has 0 bridgehead atoms. The molecule has 1 amide bonds. The maximum absolute atomic E-state index is 12.8. The monoisotopic (exact) mass is 384 g/mol. The molecule has 0 fully saturated rings. The summed E-state index contributed by atoms with van der Waals surface area (Å²) < 4.78 is 3.17. The molecule has 4 rings (SSSR count). The molecule has 28 heavy (non-hydrogen) atoms. The number of nitrogens with zero attached hydrogens (tertiary/aromatic N) is 2. The summed E-state index contributed by atoms with van der Waals surface area (Å²) >= 11 is 1.53. The van der Waals surface area contributed by atoms with E-state index in [0.717, 1.165) is 26.9 Å². The van der Waals surface area contributed by atoms with Crippen LogP contribution in [0.1, 0.15) is 15.9 Å². The zero-order chi connectivity index (χ0) is 19.5. The Balaban J connectivity index is 1.73.